The maximum Gasteiger partial charge on any atom is 0.255 e. The van der Waals surface area contributed by atoms with E-state index < -0.39 is 11.9 Å². The lowest BCUT2D eigenvalue weighted by Crippen LogP contribution is -2.52. The van der Waals surface area contributed by atoms with Crippen molar-refractivity contribution in [2.45, 2.75) is 25.4 Å². The second-order valence-electron chi connectivity index (χ2n) is 4.77. The molecule has 1 saturated heterocycles. The fourth-order valence-electron chi connectivity index (χ4n) is 2.61. The van der Waals surface area contributed by atoms with E-state index in [4.69, 9.17) is 5.73 Å². The van der Waals surface area contributed by atoms with E-state index in [9.17, 15) is 14.4 Å². The van der Waals surface area contributed by atoms with Gasteiger partial charge in [-0.15, -0.1) is 0 Å². The molecule has 0 aromatic heterocycles. The summed E-state index contributed by atoms with van der Waals surface area (Å²) in [7, 11) is 0. The molecular weight excluding hydrogens is 252 g/mol. The van der Waals surface area contributed by atoms with Gasteiger partial charge in [-0.25, -0.2) is 0 Å². The molecule has 3 N–H and O–H groups in total. The van der Waals surface area contributed by atoms with Gasteiger partial charge < -0.3 is 10.6 Å². The van der Waals surface area contributed by atoms with E-state index >= 15 is 0 Å². The number of anilines is 1. The predicted molar refractivity (Wildman–Crippen MR) is 66.9 cm³/mol. The number of piperidine rings is 1. The molecule has 1 aromatic carbocycles. The number of imide groups is 1. The highest BCUT2D eigenvalue weighted by atomic mass is 16.3. The normalized spacial score (nSPS) is 22.4. The summed E-state index contributed by atoms with van der Waals surface area (Å²) < 4.78 is 0. The van der Waals surface area contributed by atoms with E-state index in [0.29, 0.717) is 24.2 Å². The second-order valence-corrected chi connectivity index (χ2v) is 4.77. The molecule has 6 heteroatoms. The van der Waals surface area contributed by atoms with Crippen LogP contribution in [-0.2, 0) is 16.1 Å². The summed E-state index contributed by atoms with van der Waals surface area (Å²) in [5.74, 6) is -0.891. The number of nitrogen functional groups attached to an aromatic ring is 1. The Balaban J connectivity index is 1.90. The summed E-state index contributed by atoms with van der Waals surface area (Å²) in [5, 5.41) is 2.27. The monoisotopic (exact) mass is 265 g/mol. The van der Waals surface area contributed by atoms with E-state index in [2.05, 4.69) is 5.32 Å². The standard InChI is InChI=1S/C13H13N3O3/c14-9-3-1-2-7-8(9)6-16(13(7)19)10-4-5-11(17)15-12(10)18/h1-3,10H,4-6,14H2,(H,15,17,18)/i4+1,5+1,10+1,11+1,12+1,16+1. The number of hydrogen-bond donors (Lipinski definition) is 2. The van der Waals surface area contributed by atoms with Crippen LogP contribution in [0.4, 0.5) is 5.69 Å². The van der Waals surface area contributed by atoms with Gasteiger partial charge in [-0.05, 0) is 18.6 Å². The first-order chi connectivity index (χ1) is 9.08. The number of hydrogen-bond acceptors (Lipinski definition) is 4. The van der Waals surface area contributed by atoms with Crippen molar-refractivity contribution in [3.8, 4) is 0 Å². The SMILES string of the molecule is Nc1cccc2c1C[15N]([13CH]1[13CH2][13CH2][13C](=O)N[13C]1=O)C2=O. The van der Waals surface area contributed by atoms with Crippen LogP contribution < -0.4 is 11.1 Å². The number of nitrogens with zero attached hydrogens (tertiary/aromatic N) is 1. The largest absolute Gasteiger partial charge is 0.398 e. The Bertz CT molecular complexity index is 597. The number of fused-ring (bicyclic) bond motifs is 1. The maximum absolute atomic E-state index is 12.3. The average Bonchev–Trinajstić information content (AvgIpc) is 2.69. The summed E-state index contributed by atoms with van der Waals surface area (Å²) >= 11 is 0. The molecule has 0 bridgehead atoms. The molecule has 0 radical (unpaired) electrons. The smallest absolute Gasteiger partial charge is 0.255 e. The molecule has 3 amide bonds. The molecule has 2 aliphatic rings. The van der Waals surface area contributed by atoms with Crippen LogP contribution in [0.15, 0.2) is 18.2 Å². The molecule has 1 unspecified atom stereocenters. The molecule has 0 saturated carbocycles. The Hall–Kier alpha value is -2.37. The first-order valence-electron chi connectivity index (χ1n) is 6.10. The van der Waals surface area contributed by atoms with E-state index in [1.165, 1.54) is 4.90 Å². The number of carbonyl (C=O) groups excluding carboxylic acids is 3. The predicted octanol–water partition coefficient (Wildman–Crippen LogP) is 0.0298. The van der Waals surface area contributed by atoms with Crippen LogP contribution in [0.2, 0.25) is 0 Å². The summed E-state index contributed by atoms with van der Waals surface area (Å²) in [6.45, 7) is 0.327. The number of nitrogens with one attached hydrogen (secondary N) is 1. The molecule has 2 aliphatic heterocycles. The number of amides is 3. The molecule has 3 rings (SSSR count). The number of carbonyl (C=O) groups is 3. The maximum atomic E-state index is 12.3. The zero-order valence-corrected chi connectivity index (χ0v) is 10.2. The molecule has 98 valence electrons. The van der Waals surface area contributed by atoms with Crippen LogP contribution in [0.25, 0.3) is 0 Å². The first kappa shape index (κ1) is 11.7. The van der Waals surface area contributed by atoms with Crippen LogP contribution in [0.5, 0.6) is 0 Å². The van der Waals surface area contributed by atoms with Gasteiger partial charge in [0.1, 0.15) is 6.04 Å². The minimum Gasteiger partial charge on any atom is -0.398 e. The van der Waals surface area contributed by atoms with Crippen LogP contribution >= 0.6 is 0 Å². The highest BCUT2D eigenvalue weighted by Crippen LogP contribution is 2.30. The molecule has 1 fully saturated rings. The molecule has 2 heterocycles. The summed E-state index contributed by atoms with van der Waals surface area (Å²) in [4.78, 5) is 36.7. The van der Waals surface area contributed by atoms with Crippen LogP contribution in [0.1, 0.15) is 28.8 Å². The Morgan fingerprint density at radius 1 is 1.26 bits per heavy atom. The van der Waals surface area contributed by atoms with Crippen molar-refractivity contribution >= 4 is 23.4 Å². The van der Waals surface area contributed by atoms with Gasteiger partial charge >= 0.3 is 0 Å². The van der Waals surface area contributed by atoms with Crippen molar-refractivity contribution in [2.75, 3.05) is 5.73 Å². The molecular formula is C13H13N3O3. The van der Waals surface area contributed by atoms with Gasteiger partial charge in [-0.2, -0.15) is 0 Å². The minimum absolute atomic E-state index is 0.197. The number of rotatable bonds is 1. The van der Waals surface area contributed by atoms with Gasteiger partial charge in [0.25, 0.3) is 5.91 Å². The lowest BCUT2D eigenvalue weighted by Gasteiger charge is -2.29. The molecule has 19 heavy (non-hydrogen) atoms. The van der Waals surface area contributed by atoms with Crippen molar-refractivity contribution in [3.63, 3.8) is 0 Å². The topological polar surface area (TPSA) is 92.5 Å². The quantitative estimate of drug-likeness (QED) is 0.324. The summed E-state index contributed by atoms with van der Waals surface area (Å²) in [6.07, 6.45) is 0.621. The van der Waals surface area contributed by atoms with Gasteiger partial charge in [-0.3, -0.25) is 19.7 Å². The second kappa shape index (κ2) is 4.08. The van der Waals surface area contributed by atoms with E-state index in [-0.39, 0.29) is 18.2 Å². The fourth-order valence-corrected chi connectivity index (χ4v) is 2.61. The zero-order valence-electron chi connectivity index (χ0n) is 10.2. The first-order valence-corrected chi connectivity index (χ1v) is 6.10. The van der Waals surface area contributed by atoms with Crippen LogP contribution in [0, 0.1) is 0 Å². The Morgan fingerprint density at radius 2 is 2.05 bits per heavy atom. The van der Waals surface area contributed by atoms with Gasteiger partial charge in [0.05, 0.1) is 0 Å². The third-order valence-electron chi connectivity index (χ3n) is 3.62. The van der Waals surface area contributed by atoms with Crippen LogP contribution in [-0.4, -0.2) is 28.7 Å². The van der Waals surface area contributed by atoms with Gasteiger partial charge in [0.15, 0.2) is 0 Å². The van der Waals surface area contributed by atoms with E-state index in [1.54, 1.807) is 18.2 Å². The van der Waals surface area contributed by atoms with Crippen molar-refractivity contribution in [1.82, 2.24) is 10.2 Å². The van der Waals surface area contributed by atoms with Crippen LogP contribution in [0.3, 0.4) is 0 Å². The Kier molecular flexibility index (Phi) is 2.51. The van der Waals surface area contributed by atoms with E-state index in [1.807, 2.05) is 0 Å². The highest BCUT2D eigenvalue weighted by Gasteiger charge is 2.39. The highest BCUT2D eigenvalue weighted by molar-refractivity contribution is 6.06. The molecule has 1 aromatic rings. The molecule has 6 nitrogen and oxygen atoms in total. The fraction of sp³-hybridized carbons (Fsp3) is 0.308. The minimum atomic E-state index is -0.586. The summed E-state index contributed by atoms with van der Waals surface area (Å²) in [6, 6.07) is 4.58. The third kappa shape index (κ3) is 1.76. The van der Waals surface area contributed by atoms with Gasteiger partial charge in [0.2, 0.25) is 11.8 Å². The average molecular weight is 265 g/mol. The summed E-state index contributed by atoms with van der Waals surface area (Å²) in [5.41, 5.74) is 7.71. The van der Waals surface area contributed by atoms with Crippen molar-refractivity contribution < 1.29 is 14.4 Å². The lowest BCUT2D eigenvalue weighted by atomic mass is 10.1. The third-order valence-corrected chi connectivity index (χ3v) is 3.62. The molecule has 0 aliphatic carbocycles. The molecule has 0 spiro atoms. The van der Waals surface area contributed by atoms with E-state index in [0.717, 1.165) is 5.56 Å². The zero-order chi connectivity index (χ0) is 13.6. The Morgan fingerprint density at radius 3 is 2.74 bits per heavy atom. The van der Waals surface area contributed by atoms with Gasteiger partial charge in [-0.1, -0.05) is 6.07 Å². The molecule has 1 atom stereocenters. The van der Waals surface area contributed by atoms with Crippen molar-refractivity contribution in [3.05, 3.63) is 29.3 Å². The Labute approximate surface area is 109 Å². The number of benzene rings is 1. The van der Waals surface area contributed by atoms with Crippen molar-refractivity contribution in [2.24, 2.45) is 0 Å². The lowest BCUT2D eigenvalue weighted by molar-refractivity contribution is -0.136. The van der Waals surface area contributed by atoms with Crippen molar-refractivity contribution in [1.29, 1.82) is 0 Å². The number of nitrogens with two attached hydrogens (primary N) is 1. The van der Waals surface area contributed by atoms with Gasteiger partial charge in [0, 0.05) is 29.8 Å².